The predicted octanol–water partition coefficient (Wildman–Crippen LogP) is 6.17. The maximum absolute atomic E-state index is 13.4. The van der Waals surface area contributed by atoms with E-state index in [2.05, 4.69) is 4.90 Å². The number of nitrogens with zero attached hydrogens (tertiary/aromatic N) is 1. The summed E-state index contributed by atoms with van der Waals surface area (Å²) in [7, 11) is 0. The summed E-state index contributed by atoms with van der Waals surface area (Å²) in [6.45, 7) is 1.40. The molecule has 0 spiro atoms. The maximum atomic E-state index is 13.4. The molecule has 1 N–H and O–H groups in total. The number of carbonyl (C=O) groups is 1. The van der Waals surface area contributed by atoms with Gasteiger partial charge in [-0.25, -0.2) is 0 Å². The largest absolute Gasteiger partial charge is 0.489 e. The van der Waals surface area contributed by atoms with Gasteiger partial charge >= 0.3 is 12.1 Å². The minimum Gasteiger partial charge on any atom is -0.489 e. The number of alkyl halides is 3. The van der Waals surface area contributed by atoms with Crippen LogP contribution >= 0.6 is 0 Å². The molecule has 0 radical (unpaired) electrons. The van der Waals surface area contributed by atoms with Gasteiger partial charge in [0, 0.05) is 0 Å². The Hall–Kier alpha value is -3.32. The first-order chi connectivity index (χ1) is 16.3. The van der Waals surface area contributed by atoms with Gasteiger partial charge < -0.3 is 9.84 Å². The molecule has 34 heavy (non-hydrogen) atoms. The van der Waals surface area contributed by atoms with Crippen molar-refractivity contribution in [3.63, 3.8) is 0 Å². The number of carboxylic acid groups (broad SMARTS) is 1. The first-order valence-corrected chi connectivity index (χ1v) is 11.2. The summed E-state index contributed by atoms with van der Waals surface area (Å²) in [4.78, 5) is 13.4. The lowest BCUT2D eigenvalue weighted by Gasteiger charge is -2.37. The van der Waals surface area contributed by atoms with Crippen LogP contribution in [0, 0.1) is 5.92 Å². The number of likely N-dealkylation sites (tertiary alicyclic amines) is 1. The zero-order valence-corrected chi connectivity index (χ0v) is 18.5. The highest BCUT2D eigenvalue weighted by Gasteiger charge is 2.33. The molecular formula is C27H26F3NO3. The molecule has 178 valence electrons. The van der Waals surface area contributed by atoms with Crippen molar-refractivity contribution in [2.75, 3.05) is 13.1 Å². The second kappa shape index (κ2) is 10.3. The smallest absolute Gasteiger partial charge is 0.416 e. The van der Waals surface area contributed by atoms with Gasteiger partial charge in [0.2, 0.25) is 0 Å². The molecule has 4 rings (SSSR count). The molecule has 1 aliphatic heterocycles. The number of carboxylic acids is 1. The number of piperidine rings is 1. The van der Waals surface area contributed by atoms with E-state index in [1.54, 1.807) is 6.07 Å². The molecule has 0 saturated carbocycles. The minimum absolute atomic E-state index is 0.416. The van der Waals surface area contributed by atoms with Crippen LogP contribution in [0.5, 0.6) is 5.75 Å². The van der Waals surface area contributed by atoms with Crippen LogP contribution in [0.1, 0.15) is 41.1 Å². The van der Waals surface area contributed by atoms with Crippen LogP contribution in [-0.4, -0.2) is 29.1 Å². The third kappa shape index (κ3) is 5.78. The van der Waals surface area contributed by atoms with Crippen LogP contribution in [0.3, 0.4) is 0 Å². The normalized spacial score (nSPS) is 16.2. The SMILES string of the molecule is O=C(O)C1CCN(C(c2ccc(OCc3ccccc3)cc2)c2cccc(C(F)(F)F)c2)CC1. The van der Waals surface area contributed by atoms with Crippen molar-refractivity contribution in [2.45, 2.75) is 31.7 Å². The van der Waals surface area contributed by atoms with E-state index in [0.29, 0.717) is 43.9 Å². The molecule has 1 atom stereocenters. The fraction of sp³-hybridized carbons (Fsp3) is 0.296. The third-order valence-electron chi connectivity index (χ3n) is 6.22. The summed E-state index contributed by atoms with van der Waals surface area (Å²) in [5.41, 5.74) is 1.70. The van der Waals surface area contributed by atoms with Crippen LogP contribution < -0.4 is 4.74 Å². The Bertz CT molecular complexity index is 1090. The summed E-state index contributed by atoms with van der Waals surface area (Å²) >= 11 is 0. The predicted molar refractivity (Wildman–Crippen MR) is 122 cm³/mol. The van der Waals surface area contributed by atoms with Crippen molar-refractivity contribution in [3.8, 4) is 5.75 Å². The lowest BCUT2D eigenvalue weighted by atomic mass is 9.90. The van der Waals surface area contributed by atoms with Gasteiger partial charge in [-0.05, 0) is 66.9 Å². The number of hydrogen-bond donors (Lipinski definition) is 1. The van der Waals surface area contributed by atoms with E-state index < -0.39 is 29.7 Å². The molecule has 0 aromatic heterocycles. The molecule has 1 saturated heterocycles. The highest BCUT2D eigenvalue weighted by atomic mass is 19.4. The van der Waals surface area contributed by atoms with Gasteiger partial charge in [0.05, 0.1) is 17.5 Å². The molecule has 3 aromatic rings. The second-order valence-corrected chi connectivity index (χ2v) is 8.52. The van der Waals surface area contributed by atoms with Crippen molar-refractivity contribution in [1.29, 1.82) is 0 Å². The number of halogens is 3. The highest BCUT2D eigenvalue weighted by molar-refractivity contribution is 5.70. The Morgan fingerprint density at radius 1 is 0.941 bits per heavy atom. The van der Waals surface area contributed by atoms with Gasteiger partial charge in [0.15, 0.2) is 0 Å². The van der Waals surface area contributed by atoms with Crippen LogP contribution in [0.25, 0.3) is 0 Å². The molecular weight excluding hydrogens is 443 g/mol. The Morgan fingerprint density at radius 3 is 2.24 bits per heavy atom. The second-order valence-electron chi connectivity index (χ2n) is 8.52. The number of rotatable bonds is 7. The van der Waals surface area contributed by atoms with E-state index in [1.807, 2.05) is 54.6 Å². The zero-order chi connectivity index (χ0) is 24.1. The van der Waals surface area contributed by atoms with Gasteiger partial charge in [-0.1, -0.05) is 54.6 Å². The average molecular weight is 470 g/mol. The van der Waals surface area contributed by atoms with Gasteiger partial charge in [-0.15, -0.1) is 0 Å². The summed E-state index contributed by atoms with van der Waals surface area (Å²) < 4.78 is 46.0. The van der Waals surface area contributed by atoms with E-state index in [4.69, 9.17) is 4.74 Å². The molecule has 1 aliphatic rings. The topological polar surface area (TPSA) is 49.8 Å². The quantitative estimate of drug-likeness (QED) is 0.450. The van der Waals surface area contributed by atoms with Crippen LogP contribution in [0.4, 0.5) is 13.2 Å². The Kier molecular flexibility index (Phi) is 7.22. The van der Waals surface area contributed by atoms with Crippen molar-refractivity contribution in [2.24, 2.45) is 5.92 Å². The first kappa shape index (κ1) is 23.8. The minimum atomic E-state index is -4.44. The molecule has 0 bridgehead atoms. The van der Waals surface area contributed by atoms with Crippen LogP contribution in [0.15, 0.2) is 78.9 Å². The summed E-state index contributed by atoms with van der Waals surface area (Å²) in [5, 5.41) is 9.33. The molecule has 1 unspecified atom stereocenters. The highest BCUT2D eigenvalue weighted by Crippen LogP contribution is 2.36. The first-order valence-electron chi connectivity index (χ1n) is 11.2. The van der Waals surface area contributed by atoms with Crippen molar-refractivity contribution in [1.82, 2.24) is 4.90 Å². The molecule has 7 heteroatoms. The van der Waals surface area contributed by atoms with E-state index >= 15 is 0 Å². The average Bonchev–Trinajstić information content (AvgIpc) is 2.84. The van der Waals surface area contributed by atoms with Crippen LogP contribution in [-0.2, 0) is 17.6 Å². The fourth-order valence-electron chi connectivity index (χ4n) is 4.39. The van der Waals surface area contributed by atoms with E-state index in [-0.39, 0.29) is 0 Å². The number of ether oxygens (including phenoxy) is 1. The summed E-state index contributed by atoms with van der Waals surface area (Å²) in [6, 6.07) is 22.1. The van der Waals surface area contributed by atoms with Gasteiger partial charge in [0.25, 0.3) is 0 Å². The third-order valence-corrected chi connectivity index (χ3v) is 6.22. The Balaban J connectivity index is 1.58. The standard InChI is InChI=1S/C27H26F3NO3/c28-27(29,30)23-8-4-7-22(17-23)25(31-15-13-21(14-16-31)26(32)33)20-9-11-24(12-10-20)34-18-19-5-2-1-3-6-19/h1-12,17,21,25H,13-16,18H2,(H,32,33). The monoisotopic (exact) mass is 469 g/mol. The van der Waals surface area contributed by atoms with E-state index in [9.17, 15) is 23.1 Å². The van der Waals surface area contributed by atoms with E-state index in [1.165, 1.54) is 12.1 Å². The Morgan fingerprint density at radius 2 is 1.62 bits per heavy atom. The number of benzene rings is 3. The lowest BCUT2D eigenvalue weighted by molar-refractivity contribution is -0.143. The van der Waals surface area contributed by atoms with Crippen LogP contribution in [0.2, 0.25) is 0 Å². The molecule has 0 aliphatic carbocycles. The zero-order valence-electron chi connectivity index (χ0n) is 18.5. The lowest BCUT2D eigenvalue weighted by Crippen LogP contribution is -2.39. The number of aliphatic carboxylic acids is 1. The van der Waals surface area contributed by atoms with Gasteiger partial charge in [-0.2, -0.15) is 13.2 Å². The Labute approximate surface area is 196 Å². The molecule has 1 fully saturated rings. The fourth-order valence-corrected chi connectivity index (χ4v) is 4.39. The van der Waals surface area contributed by atoms with E-state index in [0.717, 1.165) is 17.2 Å². The van der Waals surface area contributed by atoms with Crippen molar-refractivity contribution >= 4 is 5.97 Å². The van der Waals surface area contributed by atoms with Crippen molar-refractivity contribution in [3.05, 3.63) is 101 Å². The number of hydrogen-bond acceptors (Lipinski definition) is 3. The van der Waals surface area contributed by atoms with Gasteiger partial charge in [0.1, 0.15) is 12.4 Å². The van der Waals surface area contributed by atoms with Gasteiger partial charge in [-0.3, -0.25) is 9.69 Å². The molecule has 1 heterocycles. The molecule has 0 amide bonds. The summed E-state index contributed by atoms with van der Waals surface area (Å²) in [5.74, 6) is -0.581. The maximum Gasteiger partial charge on any atom is 0.416 e. The molecule has 4 nitrogen and oxygen atoms in total. The van der Waals surface area contributed by atoms with Crippen molar-refractivity contribution < 1.29 is 27.8 Å². The summed E-state index contributed by atoms with van der Waals surface area (Å²) in [6.07, 6.45) is -3.52. The molecule has 3 aromatic carbocycles.